The molecule has 1 unspecified atom stereocenters. The van der Waals surface area contributed by atoms with Gasteiger partial charge in [0.05, 0.1) is 6.04 Å². The van der Waals surface area contributed by atoms with Gasteiger partial charge in [0.15, 0.2) is 0 Å². The van der Waals surface area contributed by atoms with E-state index in [1.807, 2.05) is 20.8 Å². The van der Waals surface area contributed by atoms with Crippen molar-refractivity contribution in [1.82, 2.24) is 10.6 Å². The number of fused-ring (bicyclic) bond motifs is 1. The molecule has 3 nitrogen and oxygen atoms in total. The summed E-state index contributed by atoms with van der Waals surface area (Å²) in [6, 6.07) is 0.0493. The monoisotopic (exact) mass is 238 g/mol. The molecule has 1 amide bonds. The molecule has 0 aromatic carbocycles. The highest BCUT2D eigenvalue weighted by atomic mass is 16.2. The van der Waals surface area contributed by atoms with E-state index in [-0.39, 0.29) is 17.5 Å². The van der Waals surface area contributed by atoms with E-state index in [0.717, 1.165) is 12.5 Å². The van der Waals surface area contributed by atoms with E-state index >= 15 is 0 Å². The van der Waals surface area contributed by atoms with Gasteiger partial charge in [-0.25, -0.2) is 0 Å². The van der Waals surface area contributed by atoms with Gasteiger partial charge in [-0.3, -0.25) is 4.79 Å². The van der Waals surface area contributed by atoms with Gasteiger partial charge in [-0.15, -0.1) is 0 Å². The van der Waals surface area contributed by atoms with Gasteiger partial charge in [0, 0.05) is 5.54 Å². The summed E-state index contributed by atoms with van der Waals surface area (Å²) in [4.78, 5) is 12.3. The molecule has 2 aliphatic rings. The first-order valence-electron chi connectivity index (χ1n) is 7.03. The van der Waals surface area contributed by atoms with Gasteiger partial charge < -0.3 is 10.6 Å². The summed E-state index contributed by atoms with van der Waals surface area (Å²) in [5.74, 6) is 1.55. The highest BCUT2D eigenvalue weighted by Gasteiger charge is 2.38. The van der Waals surface area contributed by atoms with Crippen molar-refractivity contribution in [2.75, 3.05) is 6.54 Å². The van der Waals surface area contributed by atoms with Crippen molar-refractivity contribution in [2.45, 2.75) is 64.5 Å². The standard InChI is InChI=1S/C14H26N2O/c1-14(2,3)16-13(17)12-11-7-5-4-6-10(11)8-9-15-12/h10-12,15H,4-9H2,1-3H3,(H,16,17)/t10-,11-,12?/m0/s1. The lowest BCUT2D eigenvalue weighted by atomic mass is 9.71. The summed E-state index contributed by atoms with van der Waals surface area (Å²) in [7, 11) is 0. The Hall–Kier alpha value is -0.570. The topological polar surface area (TPSA) is 41.1 Å². The molecule has 1 saturated heterocycles. The van der Waals surface area contributed by atoms with Crippen LogP contribution in [0.5, 0.6) is 0 Å². The molecule has 0 bridgehead atoms. The minimum atomic E-state index is -0.125. The Balaban J connectivity index is 2.01. The van der Waals surface area contributed by atoms with Gasteiger partial charge in [-0.05, 0) is 52.0 Å². The third-order valence-corrected chi connectivity index (χ3v) is 4.06. The van der Waals surface area contributed by atoms with E-state index in [0.29, 0.717) is 5.92 Å². The molecule has 98 valence electrons. The van der Waals surface area contributed by atoms with Crippen LogP contribution in [0.3, 0.4) is 0 Å². The number of rotatable bonds is 1. The quantitative estimate of drug-likeness (QED) is 0.734. The third-order valence-electron chi connectivity index (χ3n) is 4.06. The summed E-state index contributed by atoms with van der Waals surface area (Å²) in [5, 5.41) is 6.55. The summed E-state index contributed by atoms with van der Waals surface area (Å²) in [5.41, 5.74) is -0.125. The summed E-state index contributed by atoms with van der Waals surface area (Å²) in [6.45, 7) is 7.15. The van der Waals surface area contributed by atoms with Gasteiger partial charge in [0.25, 0.3) is 0 Å². The molecule has 17 heavy (non-hydrogen) atoms. The zero-order chi connectivity index (χ0) is 12.5. The molecule has 1 saturated carbocycles. The summed E-state index contributed by atoms with van der Waals surface area (Å²) < 4.78 is 0. The highest BCUT2D eigenvalue weighted by molar-refractivity contribution is 5.82. The average molecular weight is 238 g/mol. The normalized spacial score (nSPS) is 33.9. The second-order valence-electron chi connectivity index (χ2n) is 6.67. The number of carbonyl (C=O) groups excluding carboxylic acids is 1. The lowest BCUT2D eigenvalue weighted by molar-refractivity contribution is -0.127. The molecule has 0 spiro atoms. The van der Waals surface area contributed by atoms with Crippen LogP contribution in [0.15, 0.2) is 0 Å². The fourth-order valence-electron chi connectivity index (χ4n) is 3.34. The maximum absolute atomic E-state index is 12.3. The number of hydrogen-bond donors (Lipinski definition) is 2. The molecule has 0 radical (unpaired) electrons. The molecule has 2 N–H and O–H groups in total. The van der Waals surface area contributed by atoms with E-state index in [1.165, 1.54) is 32.1 Å². The van der Waals surface area contributed by atoms with Crippen LogP contribution in [0.1, 0.15) is 52.9 Å². The average Bonchev–Trinajstić information content (AvgIpc) is 2.26. The Morgan fingerprint density at radius 1 is 1.18 bits per heavy atom. The van der Waals surface area contributed by atoms with Gasteiger partial charge in [-0.1, -0.05) is 19.3 Å². The molecular formula is C14H26N2O. The predicted molar refractivity (Wildman–Crippen MR) is 69.8 cm³/mol. The molecule has 2 fully saturated rings. The molecule has 3 heteroatoms. The van der Waals surface area contributed by atoms with E-state index < -0.39 is 0 Å². The number of amides is 1. The fraction of sp³-hybridized carbons (Fsp3) is 0.929. The van der Waals surface area contributed by atoms with Crippen LogP contribution < -0.4 is 10.6 Å². The lowest BCUT2D eigenvalue weighted by Gasteiger charge is -2.42. The first-order valence-corrected chi connectivity index (χ1v) is 7.03. The van der Waals surface area contributed by atoms with E-state index in [1.54, 1.807) is 0 Å². The Morgan fingerprint density at radius 2 is 1.88 bits per heavy atom. The van der Waals surface area contributed by atoms with Crippen molar-refractivity contribution in [3.63, 3.8) is 0 Å². The van der Waals surface area contributed by atoms with Crippen molar-refractivity contribution in [1.29, 1.82) is 0 Å². The molecule has 2 rings (SSSR count). The SMILES string of the molecule is CC(C)(C)NC(=O)C1NCC[C@@H]2CCCC[C@H]12. The first kappa shape index (κ1) is 12.9. The zero-order valence-electron chi connectivity index (χ0n) is 11.4. The van der Waals surface area contributed by atoms with Crippen molar-refractivity contribution in [2.24, 2.45) is 11.8 Å². The van der Waals surface area contributed by atoms with Gasteiger partial charge >= 0.3 is 0 Å². The molecule has 1 aliphatic carbocycles. The van der Waals surface area contributed by atoms with Gasteiger partial charge in [0.1, 0.15) is 0 Å². The Bertz CT molecular complexity index is 280. The highest BCUT2D eigenvalue weighted by Crippen LogP contribution is 2.36. The Labute approximate surface area is 105 Å². The van der Waals surface area contributed by atoms with Crippen LogP contribution in [0.4, 0.5) is 0 Å². The van der Waals surface area contributed by atoms with Crippen LogP contribution in [-0.4, -0.2) is 24.0 Å². The van der Waals surface area contributed by atoms with Gasteiger partial charge in [-0.2, -0.15) is 0 Å². The van der Waals surface area contributed by atoms with Crippen LogP contribution in [0.2, 0.25) is 0 Å². The summed E-state index contributed by atoms with van der Waals surface area (Å²) in [6.07, 6.45) is 6.45. The summed E-state index contributed by atoms with van der Waals surface area (Å²) >= 11 is 0. The first-order chi connectivity index (χ1) is 7.97. The molecule has 1 aliphatic heterocycles. The van der Waals surface area contributed by atoms with Crippen molar-refractivity contribution in [3.8, 4) is 0 Å². The maximum Gasteiger partial charge on any atom is 0.237 e. The number of carbonyl (C=O) groups is 1. The minimum absolute atomic E-state index is 0.0493. The lowest BCUT2D eigenvalue weighted by Crippen LogP contribution is -2.58. The number of nitrogens with one attached hydrogen (secondary N) is 2. The smallest absolute Gasteiger partial charge is 0.237 e. The Kier molecular flexibility index (Phi) is 3.76. The molecule has 0 aromatic rings. The second kappa shape index (κ2) is 4.97. The predicted octanol–water partition coefficient (Wildman–Crippen LogP) is 2.07. The maximum atomic E-state index is 12.3. The van der Waals surface area contributed by atoms with Crippen molar-refractivity contribution in [3.05, 3.63) is 0 Å². The van der Waals surface area contributed by atoms with E-state index in [9.17, 15) is 4.79 Å². The minimum Gasteiger partial charge on any atom is -0.350 e. The van der Waals surface area contributed by atoms with Crippen LogP contribution in [-0.2, 0) is 4.79 Å². The van der Waals surface area contributed by atoms with Crippen molar-refractivity contribution >= 4 is 5.91 Å². The van der Waals surface area contributed by atoms with Crippen LogP contribution >= 0.6 is 0 Å². The van der Waals surface area contributed by atoms with Gasteiger partial charge in [0.2, 0.25) is 5.91 Å². The molecule has 3 atom stereocenters. The zero-order valence-corrected chi connectivity index (χ0v) is 11.4. The van der Waals surface area contributed by atoms with E-state index in [4.69, 9.17) is 0 Å². The molecule has 1 heterocycles. The largest absolute Gasteiger partial charge is 0.350 e. The third kappa shape index (κ3) is 3.21. The van der Waals surface area contributed by atoms with E-state index in [2.05, 4.69) is 10.6 Å². The number of hydrogen-bond acceptors (Lipinski definition) is 2. The molecule has 0 aromatic heterocycles. The number of piperidine rings is 1. The van der Waals surface area contributed by atoms with Crippen LogP contribution in [0.25, 0.3) is 0 Å². The molecular weight excluding hydrogens is 212 g/mol. The second-order valence-corrected chi connectivity index (χ2v) is 6.67. The Morgan fingerprint density at radius 3 is 2.59 bits per heavy atom. The van der Waals surface area contributed by atoms with Crippen molar-refractivity contribution < 1.29 is 4.79 Å². The fourth-order valence-corrected chi connectivity index (χ4v) is 3.34. The van der Waals surface area contributed by atoms with Crippen LogP contribution in [0, 0.1) is 11.8 Å².